The van der Waals surface area contributed by atoms with Crippen molar-refractivity contribution in [2.75, 3.05) is 6.54 Å². The molecule has 8 heteroatoms. The van der Waals surface area contributed by atoms with E-state index in [-0.39, 0.29) is 28.7 Å². The number of carbonyl (C=O) groups excluding carboxylic acids is 1. The molecule has 7 nitrogen and oxygen atoms in total. The zero-order valence-corrected chi connectivity index (χ0v) is 14.6. The molecule has 1 aromatic rings. The van der Waals surface area contributed by atoms with E-state index in [9.17, 15) is 13.2 Å². The molecule has 3 unspecified atom stereocenters. The Morgan fingerprint density at radius 1 is 1.38 bits per heavy atom. The molecular formula is C16H22N4O3S. The maximum absolute atomic E-state index is 12.4. The molecule has 1 amide bonds. The van der Waals surface area contributed by atoms with Gasteiger partial charge < -0.3 is 10.6 Å². The first-order chi connectivity index (χ1) is 11.4. The molecule has 0 saturated carbocycles. The van der Waals surface area contributed by atoms with E-state index in [1.807, 2.05) is 6.92 Å². The van der Waals surface area contributed by atoms with Gasteiger partial charge in [-0.15, -0.1) is 0 Å². The fraction of sp³-hybridized carbons (Fsp3) is 0.500. The van der Waals surface area contributed by atoms with E-state index in [4.69, 9.17) is 0 Å². The van der Waals surface area contributed by atoms with E-state index in [0.717, 1.165) is 19.4 Å². The molecule has 24 heavy (non-hydrogen) atoms. The molecule has 0 spiro atoms. The van der Waals surface area contributed by atoms with Crippen molar-refractivity contribution in [1.29, 1.82) is 0 Å². The van der Waals surface area contributed by atoms with Crippen molar-refractivity contribution in [3.63, 3.8) is 0 Å². The van der Waals surface area contributed by atoms with Crippen LogP contribution in [0.15, 0.2) is 34.2 Å². The summed E-state index contributed by atoms with van der Waals surface area (Å²) in [6, 6.07) is 6.23. The molecule has 1 aromatic carbocycles. The lowest BCUT2D eigenvalue weighted by Crippen LogP contribution is -2.53. The van der Waals surface area contributed by atoms with E-state index >= 15 is 0 Å². The maximum atomic E-state index is 12.4. The van der Waals surface area contributed by atoms with Gasteiger partial charge in [-0.3, -0.25) is 14.5 Å². The van der Waals surface area contributed by atoms with Gasteiger partial charge in [0, 0.05) is 17.6 Å². The number of aliphatic imine (C=N–C) groups is 1. The number of hydrogen-bond acceptors (Lipinski definition) is 5. The summed E-state index contributed by atoms with van der Waals surface area (Å²) in [5.74, 6) is 0.0229. The summed E-state index contributed by atoms with van der Waals surface area (Å²) in [4.78, 5) is 16.9. The minimum atomic E-state index is -3.58. The van der Waals surface area contributed by atoms with Crippen LogP contribution in [0.1, 0.15) is 32.3 Å². The highest BCUT2D eigenvalue weighted by molar-refractivity contribution is 7.90. The zero-order chi connectivity index (χ0) is 17.3. The van der Waals surface area contributed by atoms with Crippen molar-refractivity contribution in [3.05, 3.63) is 29.8 Å². The third kappa shape index (κ3) is 3.29. The number of amidine groups is 1. The second-order valence-corrected chi connectivity index (χ2v) is 7.91. The van der Waals surface area contributed by atoms with Gasteiger partial charge in [0.1, 0.15) is 11.9 Å². The topological polar surface area (TPSA) is 99.7 Å². The molecule has 1 saturated heterocycles. The van der Waals surface area contributed by atoms with Crippen LogP contribution in [0, 0.1) is 0 Å². The van der Waals surface area contributed by atoms with Crippen LogP contribution in [0.4, 0.5) is 0 Å². The largest absolute Gasteiger partial charge is 0.350 e. The molecule has 130 valence electrons. The van der Waals surface area contributed by atoms with Crippen LogP contribution in [0.5, 0.6) is 0 Å². The summed E-state index contributed by atoms with van der Waals surface area (Å²) in [5, 5.41) is 6.33. The second kappa shape index (κ2) is 6.52. The molecule has 3 N–H and O–H groups in total. The first-order valence-corrected chi connectivity index (χ1v) is 9.60. The van der Waals surface area contributed by atoms with Crippen molar-refractivity contribution in [1.82, 2.24) is 15.4 Å². The number of carbonyl (C=O) groups is 1. The lowest BCUT2D eigenvalue weighted by Gasteiger charge is -2.31. The average Bonchev–Trinajstić information content (AvgIpc) is 2.81. The third-order valence-electron chi connectivity index (χ3n) is 4.45. The Bertz CT molecular complexity index is 775. The monoisotopic (exact) mass is 350 g/mol. The first kappa shape index (κ1) is 16.9. The van der Waals surface area contributed by atoms with Gasteiger partial charge in [0.05, 0.1) is 4.90 Å². The number of amides is 1. The highest BCUT2D eigenvalue weighted by Crippen LogP contribution is 2.22. The maximum Gasteiger partial charge on any atom is 0.263 e. The van der Waals surface area contributed by atoms with E-state index in [0.29, 0.717) is 5.56 Å². The van der Waals surface area contributed by atoms with Crippen molar-refractivity contribution in [3.8, 4) is 0 Å². The normalized spacial score (nSPS) is 28.0. The van der Waals surface area contributed by atoms with E-state index in [2.05, 4.69) is 20.3 Å². The number of rotatable bonds is 3. The van der Waals surface area contributed by atoms with Crippen molar-refractivity contribution in [2.45, 2.75) is 49.7 Å². The Balaban J connectivity index is 1.75. The van der Waals surface area contributed by atoms with Crippen LogP contribution >= 0.6 is 0 Å². The Hall–Kier alpha value is -1.93. The summed E-state index contributed by atoms with van der Waals surface area (Å²) in [6.45, 7) is 4.67. The number of hydrogen-bond donors (Lipinski definition) is 3. The number of nitrogens with one attached hydrogen (secondary N) is 3. The smallest absolute Gasteiger partial charge is 0.263 e. The van der Waals surface area contributed by atoms with Crippen LogP contribution in [0.2, 0.25) is 0 Å². The minimum absolute atomic E-state index is 0.0708. The lowest BCUT2D eigenvalue weighted by atomic mass is 9.99. The Kier molecular flexibility index (Phi) is 4.60. The summed E-state index contributed by atoms with van der Waals surface area (Å²) in [6.07, 6.45) is 1.95. The number of benzene rings is 1. The molecule has 0 aliphatic carbocycles. The SMILES string of the molecule is CC(N=C1NS(=O)(=O)c2ccccc21)C(=O)NC1CCCNC1C. The quantitative estimate of drug-likeness (QED) is 0.733. The zero-order valence-electron chi connectivity index (χ0n) is 13.7. The van der Waals surface area contributed by atoms with Gasteiger partial charge in [0.2, 0.25) is 5.91 Å². The van der Waals surface area contributed by atoms with Gasteiger partial charge in [0.25, 0.3) is 10.0 Å². The second-order valence-electron chi connectivity index (χ2n) is 6.26. The summed E-state index contributed by atoms with van der Waals surface area (Å²) in [7, 11) is -3.58. The van der Waals surface area contributed by atoms with Gasteiger partial charge in [-0.05, 0) is 45.4 Å². The minimum Gasteiger partial charge on any atom is -0.350 e. The number of piperidine rings is 1. The van der Waals surface area contributed by atoms with Crippen molar-refractivity contribution < 1.29 is 13.2 Å². The van der Waals surface area contributed by atoms with E-state index < -0.39 is 16.1 Å². The molecular weight excluding hydrogens is 328 g/mol. The molecule has 3 atom stereocenters. The molecule has 0 radical (unpaired) electrons. The fourth-order valence-electron chi connectivity index (χ4n) is 3.03. The highest BCUT2D eigenvalue weighted by Gasteiger charge is 2.31. The number of fused-ring (bicyclic) bond motifs is 1. The van der Waals surface area contributed by atoms with E-state index in [1.54, 1.807) is 25.1 Å². The Morgan fingerprint density at radius 3 is 2.88 bits per heavy atom. The van der Waals surface area contributed by atoms with Gasteiger partial charge in [-0.1, -0.05) is 12.1 Å². The molecule has 1 fully saturated rings. The summed E-state index contributed by atoms with van der Waals surface area (Å²) < 4.78 is 26.6. The Labute approximate surface area is 142 Å². The van der Waals surface area contributed by atoms with Crippen molar-refractivity contribution in [2.24, 2.45) is 4.99 Å². The molecule has 3 rings (SSSR count). The van der Waals surface area contributed by atoms with Crippen LogP contribution < -0.4 is 15.4 Å². The van der Waals surface area contributed by atoms with Crippen LogP contribution in [0.25, 0.3) is 0 Å². The molecule has 0 aromatic heterocycles. The first-order valence-electron chi connectivity index (χ1n) is 8.12. The summed E-state index contributed by atoms with van der Waals surface area (Å²) >= 11 is 0. The number of sulfonamides is 1. The molecule has 2 aliphatic heterocycles. The molecule has 2 heterocycles. The fourth-order valence-corrected chi connectivity index (χ4v) is 4.27. The van der Waals surface area contributed by atoms with Crippen LogP contribution in [0.3, 0.4) is 0 Å². The standard InChI is InChI=1S/C16H22N4O3S/c1-10-13(7-5-9-17-10)19-16(21)11(2)18-15-12-6-3-4-8-14(12)24(22,23)20-15/h3-4,6,8,10-11,13,17H,5,7,9H2,1-2H3,(H,18,20)(H,19,21). The third-order valence-corrected chi connectivity index (χ3v) is 5.85. The number of nitrogens with zero attached hydrogens (tertiary/aromatic N) is 1. The average molecular weight is 350 g/mol. The van der Waals surface area contributed by atoms with Gasteiger partial charge >= 0.3 is 0 Å². The van der Waals surface area contributed by atoms with Gasteiger partial charge in [-0.25, -0.2) is 8.42 Å². The van der Waals surface area contributed by atoms with Gasteiger partial charge in [-0.2, -0.15) is 0 Å². The van der Waals surface area contributed by atoms with Crippen LogP contribution in [-0.4, -0.2) is 44.8 Å². The predicted octanol–water partition coefficient (Wildman–Crippen LogP) is 0.370. The molecule has 0 bridgehead atoms. The predicted molar refractivity (Wildman–Crippen MR) is 91.4 cm³/mol. The van der Waals surface area contributed by atoms with Crippen molar-refractivity contribution >= 4 is 21.8 Å². The summed E-state index contributed by atoms with van der Waals surface area (Å²) in [5.41, 5.74) is 0.504. The Morgan fingerprint density at radius 2 is 2.12 bits per heavy atom. The molecule has 2 aliphatic rings. The highest BCUT2D eigenvalue weighted by atomic mass is 32.2. The van der Waals surface area contributed by atoms with Crippen LogP contribution in [-0.2, 0) is 14.8 Å². The van der Waals surface area contributed by atoms with Gasteiger partial charge in [0.15, 0.2) is 0 Å². The van der Waals surface area contributed by atoms with E-state index in [1.165, 1.54) is 6.07 Å². The lowest BCUT2D eigenvalue weighted by molar-refractivity contribution is -0.123.